The number of nitrogens with one attached hydrogen (secondary N) is 2. The van der Waals surface area contributed by atoms with E-state index in [1.165, 1.54) is 0 Å². The number of benzene rings is 2. The summed E-state index contributed by atoms with van der Waals surface area (Å²) in [5.41, 5.74) is 0.780. The number of likely N-dealkylation sites (tertiary alicyclic amines) is 1. The van der Waals surface area contributed by atoms with Crippen molar-refractivity contribution < 1.29 is 24.2 Å². The van der Waals surface area contributed by atoms with Gasteiger partial charge in [0.1, 0.15) is 11.6 Å². The van der Waals surface area contributed by atoms with Gasteiger partial charge < -0.3 is 25.4 Å². The second-order valence-corrected chi connectivity index (χ2v) is 11.8. The molecule has 10 heteroatoms. The summed E-state index contributed by atoms with van der Waals surface area (Å²) < 4.78 is 6.52. The zero-order chi connectivity index (χ0) is 27.0. The third-order valence-electron chi connectivity index (χ3n) is 7.91. The van der Waals surface area contributed by atoms with E-state index in [0.29, 0.717) is 48.6 Å². The van der Waals surface area contributed by atoms with E-state index in [-0.39, 0.29) is 29.2 Å². The Labute approximate surface area is 235 Å². The first-order valence-corrected chi connectivity index (χ1v) is 14.2. The Hall–Kier alpha value is -2.46. The van der Waals surface area contributed by atoms with Crippen molar-refractivity contribution in [3.05, 3.63) is 59.1 Å². The molecular weight excluding hydrogens is 574 g/mol. The minimum atomic E-state index is -1.15. The van der Waals surface area contributed by atoms with Crippen LogP contribution in [0.5, 0.6) is 0 Å². The van der Waals surface area contributed by atoms with E-state index in [1.807, 2.05) is 37.3 Å². The maximum absolute atomic E-state index is 14.0. The number of ether oxygens (including phenoxy) is 1. The first-order valence-electron chi connectivity index (χ1n) is 12.9. The zero-order valence-electron chi connectivity index (χ0n) is 21.0. The molecule has 2 aromatic carbocycles. The number of aliphatic hydroxyl groups excluding tert-OH is 1. The van der Waals surface area contributed by atoms with Crippen molar-refractivity contribution in [2.45, 2.75) is 55.2 Å². The van der Waals surface area contributed by atoms with Crippen LogP contribution in [0.3, 0.4) is 0 Å². The summed E-state index contributed by atoms with van der Waals surface area (Å²) in [6, 6.07) is 13.5. The number of nitrogens with zero attached hydrogens (tertiary/aromatic N) is 1. The summed E-state index contributed by atoms with van der Waals surface area (Å²) in [6.45, 7) is 2.24. The van der Waals surface area contributed by atoms with Crippen molar-refractivity contribution in [2.24, 2.45) is 11.8 Å². The van der Waals surface area contributed by atoms with Gasteiger partial charge >= 0.3 is 0 Å². The van der Waals surface area contributed by atoms with Gasteiger partial charge in [-0.15, -0.1) is 0 Å². The Morgan fingerprint density at radius 3 is 2.58 bits per heavy atom. The molecule has 3 amide bonds. The predicted octanol–water partition coefficient (Wildman–Crippen LogP) is 4.14. The third-order valence-corrected chi connectivity index (χ3v) is 9.07. The van der Waals surface area contributed by atoms with Crippen molar-refractivity contribution in [3.63, 3.8) is 0 Å². The molecular formula is C28H31BrClN3O5. The quantitative estimate of drug-likeness (QED) is 0.295. The van der Waals surface area contributed by atoms with Crippen LogP contribution in [0.1, 0.15) is 31.2 Å². The smallest absolute Gasteiger partial charge is 0.250 e. The van der Waals surface area contributed by atoms with Crippen molar-refractivity contribution in [2.75, 3.05) is 23.8 Å². The lowest BCUT2D eigenvalue weighted by Gasteiger charge is -2.34. The van der Waals surface area contributed by atoms with E-state index in [4.69, 9.17) is 16.3 Å². The molecule has 0 radical (unpaired) electrons. The van der Waals surface area contributed by atoms with E-state index < -0.39 is 29.6 Å². The van der Waals surface area contributed by atoms with Gasteiger partial charge in [-0.25, -0.2) is 0 Å². The number of aliphatic hydroxyl groups is 1. The van der Waals surface area contributed by atoms with Gasteiger partial charge in [-0.3, -0.25) is 14.4 Å². The number of hydrogen-bond donors (Lipinski definition) is 3. The molecule has 5 rings (SSSR count). The van der Waals surface area contributed by atoms with Gasteiger partial charge in [-0.1, -0.05) is 57.9 Å². The molecule has 3 aliphatic heterocycles. The molecule has 3 unspecified atom stereocenters. The Morgan fingerprint density at radius 1 is 1.11 bits per heavy atom. The van der Waals surface area contributed by atoms with E-state index in [9.17, 15) is 19.5 Å². The van der Waals surface area contributed by atoms with Crippen LogP contribution >= 0.6 is 27.5 Å². The number of amides is 3. The Bertz CT molecular complexity index is 1210. The number of unbranched alkanes of at least 4 members (excludes halogenated alkanes) is 2. The fourth-order valence-electron chi connectivity index (χ4n) is 6.27. The highest BCUT2D eigenvalue weighted by atomic mass is 79.9. The molecule has 6 atom stereocenters. The number of para-hydroxylation sites is 2. The Balaban J connectivity index is 1.48. The highest BCUT2D eigenvalue weighted by molar-refractivity contribution is 9.09. The number of carbonyl (C=O) groups excluding carboxylic acids is 3. The van der Waals surface area contributed by atoms with E-state index in [0.717, 1.165) is 5.56 Å². The summed E-state index contributed by atoms with van der Waals surface area (Å²) in [4.78, 5) is 42.9. The number of hydrogen-bond acceptors (Lipinski definition) is 5. The van der Waals surface area contributed by atoms with Crippen molar-refractivity contribution in [1.82, 2.24) is 4.90 Å². The van der Waals surface area contributed by atoms with Gasteiger partial charge in [0.2, 0.25) is 17.7 Å². The fourth-order valence-corrected chi connectivity index (χ4v) is 7.48. The number of halogens is 2. The molecule has 8 nitrogen and oxygen atoms in total. The third kappa shape index (κ3) is 4.63. The molecule has 3 saturated heterocycles. The second-order valence-electron chi connectivity index (χ2n) is 10.3. The number of rotatable bonds is 9. The van der Waals surface area contributed by atoms with E-state index in [1.54, 1.807) is 23.1 Å². The van der Waals surface area contributed by atoms with Crippen LogP contribution < -0.4 is 10.6 Å². The number of anilines is 2. The van der Waals surface area contributed by atoms with Crippen LogP contribution in [-0.4, -0.2) is 63.5 Å². The molecule has 2 bridgehead atoms. The topological polar surface area (TPSA) is 108 Å². The monoisotopic (exact) mass is 603 g/mol. The molecule has 3 aliphatic rings. The van der Waals surface area contributed by atoms with Crippen molar-refractivity contribution in [1.29, 1.82) is 0 Å². The number of aryl methyl sites for hydroxylation is 1. The molecule has 1 spiro atoms. The minimum Gasteiger partial charge on any atom is -0.396 e. The SMILES string of the molecule is Cc1cccc(Cl)c1NC(=O)C1N(CCCCCO)C(=O)[C@@H]2[C@H](C(=O)Nc3ccccc3)[C@H]3OC12CC3Br. The summed E-state index contributed by atoms with van der Waals surface area (Å²) in [5.74, 6) is -2.47. The average Bonchev–Trinajstić information content (AvgIpc) is 3.48. The highest BCUT2D eigenvalue weighted by Crippen LogP contribution is 2.60. The molecule has 0 aliphatic carbocycles. The first-order chi connectivity index (χ1) is 18.3. The average molecular weight is 605 g/mol. The summed E-state index contributed by atoms with van der Waals surface area (Å²) in [6.07, 6.45) is 1.82. The molecule has 0 aromatic heterocycles. The Morgan fingerprint density at radius 2 is 1.87 bits per heavy atom. The lowest BCUT2D eigenvalue weighted by Crippen LogP contribution is -2.54. The van der Waals surface area contributed by atoms with E-state index >= 15 is 0 Å². The largest absolute Gasteiger partial charge is 0.396 e. The first kappa shape index (κ1) is 27.1. The van der Waals surface area contributed by atoms with Crippen LogP contribution in [0.25, 0.3) is 0 Å². The van der Waals surface area contributed by atoms with Gasteiger partial charge in [0.25, 0.3) is 0 Å². The Kier molecular flexibility index (Phi) is 7.82. The maximum atomic E-state index is 14.0. The molecule has 3 N–H and O–H groups in total. The van der Waals surface area contributed by atoms with Crippen molar-refractivity contribution >= 4 is 56.6 Å². The summed E-state index contributed by atoms with van der Waals surface area (Å²) >= 11 is 10.1. The molecule has 0 saturated carbocycles. The molecule has 3 heterocycles. The standard InChI is InChI=1S/C28H31BrClN3O5/c1-16-9-8-12-19(30)22(16)32-26(36)24-28-15-18(29)23(38-28)20(25(35)31-17-10-4-2-5-11-17)21(28)27(37)33(24)13-6-3-7-14-34/h2,4-5,8-12,18,20-21,23-24,34H,3,6-7,13-15H2,1H3,(H,31,35)(H,32,36)/t18?,20-,21-,23-,24?,28?/m0/s1. The highest BCUT2D eigenvalue weighted by Gasteiger charge is 2.76. The van der Waals surface area contributed by atoms with E-state index in [2.05, 4.69) is 26.6 Å². The number of alkyl halides is 1. The van der Waals surface area contributed by atoms with Crippen LogP contribution in [0, 0.1) is 18.8 Å². The van der Waals surface area contributed by atoms with Gasteiger partial charge in [-0.05, 0) is 56.4 Å². The lowest BCUT2D eigenvalue weighted by molar-refractivity contribution is -0.139. The summed E-state index contributed by atoms with van der Waals surface area (Å²) in [5, 5.41) is 15.5. The molecule has 38 heavy (non-hydrogen) atoms. The summed E-state index contributed by atoms with van der Waals surface area (Å²) in [7, 11) is 0. The van der Waals surface area contributed by atoms with Gasteiger partial charge in [0, 0.05) is 23.7 Å². The number of fused-ring (bicyclic) bond motifs is 1. The fraction of sp³-hybridized carbons (Fsp3) is 0.464. The molecule has 3 fully saturated rings. The number of carbonyl (C=O) groups is 3. The predicted molar refractivity (Wildman–Crippen MR) is 148 cm³/mol. The maximum Gasteiger partial charge on any atom is 0.250 e. The van der Waals surface area contributed by atoms with Gasteiger partial charge in [0.15, 0.2) is 0 Å². The minimum absolute atomic E-state index is 0.0635. The van der Waals surface area contributed by atoms with Crippen LogP contribution in [-0.2, 0) is 19.1 Å². The van der Waals surface area contributed by atoms with Gasteiger partial charge in [-0.2, -0.15) is 0 Å². The van der Waals surface area contributed by atoms with Crippen molar-refractivity contribution in [3.8, 4) is 0 Å². The normalized spacial score (nSPS) is 29.4. The second kappa shape index (κ2) is 11.0. The molecule has 2 aromatic rings. The van der Waals surface area contributed by atoms with Crippen LogP contribution in [0.15, 0.2) is 48.5 Å². The van der Waals surface area contributed by atoms with Gasteiger partial charge in [0.05, 0.1) is 28.6 Å². The van der Waals surface area contributed by atoms with Crippen LogP contribution in [0.2, 0.25) is 5.02 Å². The molecule has 202 valence electrons. The zero-order valence-corrected chi connectivity index (χ0v) is 23.4. The van der Waals surface area contributed by atoms with Crippen LogP contribution in [0.4, 0.5) is 11.4 Å². The lowest BCUT2D eigenvalue weighted by atomic mass is 9.70.